The van der Waals surface area contributed by atoms with Crippen LogP contribution in [0.25, 0.3) is 22.0 Å². The van der Waals surface area contributed by atoms with Crippen molar-refractivity contribution in [2.24, 2.45) is 0 Å². The van der Waals surface area contributed by atoms with E-state index in [0.717, 1.165) is 27.7 Å². The van der Waals surface area contributed by atoms with E-state index in [-0.39, 0.29) is 11.0 Å². The zero-order chi connectivity index (χ0) is 19.7. The van der Waals surface area contributed by atoms with Crippen LogP contribution in [0.3, 0.4) is 0 Å². The largest absolute Gasteiger partial charge is 0.301 e. The maximum absolute atomic E-state index is 13.5. The summed E-state index contributed by atoms with van der Waals surface area (Å²) in [5.41, 5.74) is 3.97. The summed E-state index contributed by atoms with van der Waals surface area (Å²) in [4.78, 5) is 18.0. The number of benzene rings is 2. The Morgan fingerprint density at radius 1 is 0.821 bits per heavy atom. The Balaban J connectivity index is 2.15. The van der Waals surface area contributed by atoms with Gasteiger partial charge in [0.05, 0.1) is 17.9 Å². The number of hydrogen-bond acceptors (Lipinski definition) is 2. The standard InChI is InChI=1S/C25H24N2O/c1-25(2,3)22-20-14-7-8-15-21(20)24(28)27(17-19-13-9-10-16-26-19)23(22)18-11-5-4-6-12-18/h4-16H,17H2,1-3H3. The van der Waals surface area contributed by atoms with Crippen LogP contribution in [0.5, 0.6) is 0 Å². The second-order valence-electron chi connectivity index (χ2n) is 8.10. The van der Waals surface area contributed by atoms with Crippen molar-refractivity contribution in [2.45, 2.75) is 32.7 Å². The van der Waals surface area contributed by atoms with E-state index in [0.29, 0.717) is 6.54 Å². The molecular weight excluding hydrogens is 344 g/mol. The topological polar surface area (TPSA) is 34.9 Å². The number of nitrogens with zero attached hydrogens (tertiary/aromatic N) is 2. The van der Waals surface area contributed by atoms with Crippen LogP contribution in [0.4, 0.5) is 0 Å². The van der Waals surface area contributed by atoms with Crippen LogP contribution in [0, 0.1) is 0 Å². The van der Waals surface area contributed by atoms with E-state index in [4.69, 9.17) is 0 Å². The van der Waals surface area contributed by atoms with Gasteiger partial charge < -0.3 is 4.57 Å². The molecule has 0 N–H and O–H groups in total. The summed E-state index contributed by atoms with van der Waals surface area (Å²) < 4.78 is 1.89. The minimum Gasteiger partial charge on any atom is -0.301 e. The SMILES string of the molecule is CC(C)(C)c1c(-c2ccccc2)n(Cc2ccccn2)c(=O)c2ccccc12. The van der Waals surface area contributed by atoms with Gasteiger partial charge in [-0.2, -0.15) is 0 Å². The predicted octanol–water partition coefficient (Wildman–Crippen LogP) is 5.41. The lowest BCUT2D eigenvalue weighted by molar-refractivity contribution is 0.586. The highest BCUT2D eigenvalue weighted by Gasteiger charge is 2.26. The Morgan fingerprint density at radius 2 is 1.46 bits per heavy atom. The second-order valence-corrected chi connectivity index (χ2v) is 8.10. The molecule has 0 radical (unpaired) electrons. The summed E-state index contributed by atoms with van der Waals surface area (Å²) in [6.07, 6.45) is 1.77. The first-order valence-electron chi connectivity index (χ1n) is 9.58. The van der Waals surface area contributed by atoms with Crippen LogP contribution in [-0.2, 0) is 12.0 Å². The van der Waals surface area contributed by atoms with Gasteiger partial charge in [-0.1, -0.05) is 75.4 Å². The maximum atomic E-state index is 13.5. The minimum atomic E-state index is -0.135. The average Bonchev–Trinajstić information content (AvgIpc) is 2.70. The van der Waals surface area contributed by atoms with Crippen molar-refractivity contribution in [2.75, 3.05) is 0 Å². The second kappa shape index (κ2) is 7.08. The van der Waals surface area contributed by atoms with Crippen LogP contribution in [0.2, 0.25) is 0 Å². The zero-order valence-corrected chi connectivity index (χ0v) is 16.5. The quantitative estimate of drug-likeness (QED) is 0.485. The lowest BCUT2D eigenvalue weighted by Gasteiger charge is -2.28. The first kappa shape index (κ1) is 18.2. The Hall–Kier alpha value is -3.20. The van der Waals surface area contributed by atoms with E-state index >= 15 is 0 Å². The highest BCUT2D eigenvalue weighted by Crippen LogP contribution is 2.37. The van der Waals surface area contributed by atoms with E-state index in [1.807, 2.05) is 59.2 Å². The van der Waals surface area contributed by atoms with E-state index in [1.54, 1.807) is 6.20 Å². The van der Waals surface area contributed by atoms with E-state index in [2.05, 4.69) is 44.0 Å². The van der Waals surface area contributed by atoms with Crippen LogP contribution in [0.1, 0.15) is 32.0 Å². The summed E-state index contributed by atoms with van der Waals surface area (Å²) in [7, 11) is 0. The molecule has 0 atom stereocenters. The molecule has 0 amide bonds. The van der Waals surface area contributed by atoms with Crippen molar-refractivity contribution in [3.05, 3.63) is 101 Å². The first-order chi connectivity index (χ1) is 13.5. The first-order valence-corrected chi connectivity index (χ1v) is 9.58. The van der Waals surface area contributed by atoms with Crippen molar-refractivity contribution in [1.29, 1.82) is 0 Å². The van der Waals surface area contributed by atoms with Gasteiger partial charge in [0.25, 0.3) is 5.56 Å². The molecule has 3 nitrogen and oxygen atoms in total. The fourth-order valence-electron chi connectivity index (χ4n) is 3.86. The third-order valence-electron chi connectivity index (χ3n) is 5.02. The molecule has 0 saturated carbocycles. The van der Waals surface area contributed by atoms with Crippen LogP contribution in [-0.4, -0.2) is 9.55 Å². The zero-order valence-electron chi connectivity index (χ0n) is 16.5. The van der Waals surface area contributed by atoms with Gasteiger partial charge in [0.1, 0.15) is 0 Å². The molecule has 0 unspecified atom stereocenters. The van der Waals surface area contributed by atoms with Gasteiger partial charge >= 0.3 is 0 Å². The van der Waals surface area contributed by atoms with Crippen molar-refractivity contribution in [1.82, 2.24) is 9.55 Å². The summed E-state index contributed by atoms with van der Waals surface area (Å²) in [6.45, 7) is 7.06. The molecule has 0 spiro atoms. The fourth-order valence-corrected chi connectivity index (χ4v) is 3.86. The highest BCUT2D eigenvalue weighted by atomic mass is 16.1. The van der Waals surface area contributed by atoms with Crippen LogP contribution in [0.15, 0.2) is 83.8 Å². The number of fused-ring (bicyclic) bond motifs is 1. The van der Waals surface area contributed by atoms with Gasteiger partial charge in [-0.05, 0) is 40.1 Å². The van der Waals surface area contributed by atoms with Gasteiger partial charge in [-0.3, -0.25) is 9.78 Å². The normalized spacial score (nSPS) is 11.7. The fraction of sp³-hybridized carbons (Fsp3) is 0.200. The van der Waals surface area contributed by atoms with Crippen molar-refractivity contribution < 1.29 is 0 Å². The molecule has 2 heterocycles. The van der Waals surface area contributed by atoms with Crippen molar-refractivity contribution in [3.63, 3.8) is 0 Å². The number of hydrogen-bond donors (Lipinski definition) is 0. The molecule has 28 heavy (non-hydrogen) atoms. The van der Waals surface area contributed by atoms with Crippen molar-refractivity contribution >= 4 is 10.8 Å². The number of pyridine rings is 2. The van der Waals surface area contributed by atoms with E-state index < -0.39 is 0 Å². The molecule has 0 bridgehead atoms. The maximum Gasteiger partial charge on any atom is 0.259 e. The molecular formula is C25H24N2O. The molecule has 0 aliphatic heterocycles. The number of rotatable bonds is 3. The lowest BCUT2D eigenvalue weighted by Crippen LogP contribution is -2.28. The smallest absolute Gasteiger partial charge is 0.259 e. The molecule has 2 aromatic carbocycles. The summed E-state index contributed by atoms with van der Waals surface area (Å²) in [5, 5.41) is 1.78. The molecule has 2 aromatic heterocycles. The molecule has 0 saturated heterocycles. The third kappa shape index (κ3) is 3.24. The Kier molecular flexibility index (Phi) is 4.60. The molecule has 4 aromatic rings. The summed E-state index contributed by atoms with van der Waals surface area (Å²) in [5.74, 6) is 0. The third-order valence-corrected chi connectivity index (χ3v) is 5.02. The molecule has 0 aliphatic rings. The van der Waals surface area contributed by atoms with Crippen molar-refractivity contribution in [3.8, 4) is 11.3 Å². The Labute approximate surface area is 165 Å². The summed E-state index contributed by atoms with van der Waals surface area (Å²) in [6, 6.07) is 24.0. The lowest BCUT2D eigenvalue weighted by atomic mass is 9.81. The van der Waals surface area contributed by atoms with Crippen LogP contribution >= 0.6 is 0 Å². The molecule has 0 fully saturated rings. The van der Waals surface area contributed by atoms with Gasteiger partial charge in [-0.15, -0.1) is 0 Å². The number of aromatic nitrogens is 2. The summed E-state index contributed by atoms with van der Waals surface area (Å²) >= 11 is 0. The van der Waals surface area contributed by atoms with E-state index in [1.165, 1.54) is 5.56 Å². The Bertz CT molecular complexity index is 1170. The van der Waals surface area contributed by atoms with Gasteiger partial charge in [-0.25, -0.2) is 0 Å². The monoisotopic (exact) mass is 368 g/mol. The molecule has 0 aliphatic carbocycles. The van der Waals surface area contributed by atoms with Gasteiger partial charge in [0.15, 0.2) is 0 Å². The van der Waals surface area contributed by atoms with Gasteiger partial charge in [0.2, 0.25) is 0 Å². The predicted molar refractivity (Wildman–Crippen MR) is 116 cm³/mol. The Morgan fingerprint density at radius 3 is 2.11 bits per heavy atom. The van der Waals surface area contributed by atoms with Crippen LogP contribution < -0.4 is 5.56 Å². The van der Waals surface area contributed by atoms with E-state index in [9.17, 15) is 4.79 Å². The highest BCUT2D eigenvalue weighted by molar-refractivity contribution is 5.91. The average molecular weight is 368 g/mol. The van der Waals surface area contributed by atoms with Gasteiger partial charge in [0, 0.05) is 11.6 Å². The molecule has 4 rings (SSSR count). The molecule has 3 heteroatoms. The molecule has 140 valence electrons. The minimum absolute atomic E-state index is 0.0214.